The Balaban J connectivity index is 0.000000438. The molecule has 0 radical (unpaired) electrons. The maximum atomic E-state index is 12.8. The molecular weight excluding hydrogens is 381 g/mol. The summed E-state index contributed by atoms with van der Waals surface area (Å²) in [5.74, 6) is -4.19. The molecule has 0 fully saturated rings. The van der Waals surface area contributed by atoms with Gasteiger partial charge < -0.3 is 25.8 Å². The van der Waals surface area contributed by atoms with E-state index in [9.17, 15) is 9.18 Å². The molecule has 0 unspecified atom stereocenters. The number of aromatic amines is 1. The molecule has 0 aliphatic heterocycles. The van der Waals surface area contributed by atoms with Crippen molar-refractivity contribution in [2.45, 2.75) is 6.54 Å². The smallest absolute Gasteiger partial charge is 0.414 e. The van der Waals surface area contributed by atoms with Gasteiger partial charge in [-0.1, -0.05) is 18.2 Å². The summed E-state index contributed by atoms with van der Waals surface area (Å²) in [4.78, 5) is 33.3. The SMILES string of the molecule is O=C(NCCNCc1c[nH]c2ccccc12)c1ccc(F)cc1.O=C(O)C(=O)O. The number of hydrogen-bond acceptors (Lipinski definition) is 4. The Labute approximate surface area is 165 Å². The second-order valence-corrected chi connectivity index (χ2v) is 5.91. The Morgan fingerprint density at radius 1 is 0.931 bits per heavy atom. The first-order valence-electron chi connectivity index (χ1n) is 8.64. The van der Waals surface area contributed by atoms with Crippen LogP contribution in [-0.4, -0.2) is 46.1 Å². The van der Waals surface area contributed by atoms with Gasteiger partial charge in [-0.2, -0.15) is 0 Å². The van der Waals surface area contributed by atoms with Crippen LogP contribution < -0.4 is 10.6 Å². The first-order chi connectivity index (χ1) is 13.9. The number of carboxylic acid groups (broad SMARTS) is 2. The van der Waals surface area contributed by atoms with E-state index in [-0.39, 0.29) is 11.7 Å². The Morgan fingerprint density at radius 3 is 2.24 bits per heavy atom. The molecule has 0 atom stereocenters. The second kappa shape index (κ2) is 10.6. The van der Waals surface area contributed by atoms with Crippen LogP contribution in [0.4, 0.5) is 4.39 Å². The van der Waals surface area contributed by atoms with Crippen molar-refractivity contribution in [2.75, 3.05) is 13.1 Å². The van der Waals surface area contributed by atoms with Crippen molar-refractivity contribution in [3.8, 4) is 0 Å². The lowest BCUT2D eigenvalue weighted by molar-refractivity contribution is -0.159. The maximum absolute atomic E-state index is 12.8. The molecule has 0 aliphatic rings. The molecule has 1 aromatic heterocycles. The van der Waals surface area contributed by atoms with Crippen LogP contribution in [0.25, 0.3) is 10.9 Å². The van der Waals surface area contributed by atoms with Crippen LogP contribution in [-0.2, 0) is 16.1 Å². The summed E-state index contributed by atoms with van der Waals surface area (Å²) in [5, 5.41) is 22.1. The summed E-state index contributed by atoms with van der Waals surface area (Å²) in [6.07, 6.45) is 1.99. The van der Waals surface area contributed by atoms with Gasteiger partial charge in [0.15, 0.2) is 0 Å². The lowest BCUT2D eigenvalue weighted by Gasteiger charge is -2.07. The summed E-state index contributed by atoms with van der Waals surface area (Å²) in [5.41, 5.74) is 2.78. The number of aliphatic carboxylic acids is 2. The Morgan fingerprint density at radius 2 is 1.59 bits per heavy atom. The van der Waals surface area contributed by atoms with E-state index in [2.05, 4.69) is 21.7 Å². The highest BCUT2D eigenvalue weighted by molar-refractivity contribution is 6.27. The van der Waals surface area contributed by atoms with E-state index in [4.69, 9.17) is 19.8 Å². The number of halogens is 1. The molecule has 0 aliphatic carbocycles. The van der Waals surface area contributed by atoms with E-state index in [0.717, 1.165) is 12.1 Å². The summed E-state index contributed by atoms with van der Waals surface area (Å²) in [6, 6.07) is 13.7. The van der Waals surface area contributed by atoms with Crippen LogP contribution >= 0.6 is 0 Å². The summed E-state index contributed by atoms with van der Waals surface area (Å²) in [7, 11) is 0. The number of aromatic nitrogens is 1. The molecule has 152 valence electrons. The molecule has 0 saturated carbocycles. The minimum atomic E-state index is -1.82. The van der Waals surface area contributed by atoms with Gasteiger partial charge in [-0.3, -0.25) is 4.79 Å². The summed E-state index contributed by atoms with van der Waals surface area (Å²) < 4.78 is 12.8. The highest BCUT2D eigenvalue weighted by Gasteiger charge is 2.05. The van der Waals surface area contributed by atoms with Gasteiger partial charge in [0.25, 0.3) is 5.91 Å². The van der Waals surface area contributed by atoms with Crippen LogP contribution in [0.2, 0.25) is 0 Å². The van der Waals surface area contributed by atoms with Crippen molar-refractivity contribution in [1.82, 2.24) is 15.6 Å². The van der Waals surface area contributed by atoms with Crippen molar-refractivity contribution in [1.29, 1.82) is 0 Å². The molecule has 0 spiro atoms. The molecular formula is C20H20FN3O5. The Bertz CT molecular complexity index is 973. The highest BCUT2D eigenvalue weighted by atomic mass is 19.1. The zero-order valence-corrected chi connectivity index (χ0v) is 15.3. The fourth-order valence-electron chi connectivity index (χ4n) is 2.47. The molecule has 3 aromatic rings. The monoisotopic (exact) mass is 401 g/mol. The fraction of sp³-hybridized carbons (Fsp3) is 0.150. The van der Waals surface area contributed by atoms with Gasteiger partial charge in [-0.25, -0.2) is 14.0 Å². The average Bonchev–Trinajstić information content (AvgIpc) is 3.12. The normalized spacial score (nSPS) is 10.1. The van der Waals surface area contributed by atoms with Gasteiger partial charge in [0.1, 0.15) is 5.82 Å². The standard InChI is InChI=1S/C18H18FN3O.C2H2O4/c19-15-7-5-13(6-8-15)18(23)21-10-9-20-11-14-12-22-17-4-2-1-3-16(14)17;3-1(4)2(5)6/h1-8,12,20,22H,9-11H2,(H,21,23);(H,3,4)(H,5,6). The first-order valence-corrected chi connectivity index (χ1v) is 8.64. The molecule has 29 heavy (non-hydrogen) atoms. The summed E-state index contributed by atoms with van der Waals surface area (Å²) >= 11 is 0. The van der Waals surface area contributed by atoms with E-state index in [1.807, 2.05) is 24.4 Å². The molecule has 2 aromatic carbocycles. The molecule has 1 amide bonds. The quantitative estimate of drug-likeness (QED) is 0.317. The zero-order valence-electron chi connectivity index (χ0n) is 15.3. The third kappa shape index (κ3) is 6.74. The highest BCUT2D eigenvalue weighted by Crippen LogP contribution is 2.17. The molecule has 9 heteroatoms. The van der Waals surface area contributed by atoms with Crippen LogP contribution in [0.15, 0.2) is 54.7 Å². The third-order valence-corrected chi connectivity index (χ3v) is 3.87. The van der Waals surface area contributed by atoms with Gasteiger partial charge in [0.05, 0.1) is 0 Å². The molecule has 0 saturated heterocycles. The van der Waals surface area contributed by atoms with Gasteiger partial charge in [0.2, 0.25) is 0 Å². The van der Waals surface area contributed by atoms with E-state index in [0.29, 0.717) is 18.7 Å². The van der Waals surface area contributed by atoms with Gasteiger partial charge in [0, 0.05) is 42.3 Å². The van der Waals surface area contributed by atoms with E-state index in [1.54, 1.807) is 0 Å². The van der Waals surface area contributed by atoms with Crippen LogP contribution in [0.1, 0.15) is 15.9 Å². The molecule has 8 nitrogen and oxygen atoms in total. The lowest BCUT2D eigenvalue weighted by Crippen LogP contribution is -2.31. The maximum Gasteiger partial charge on any atom is 0.414 e. The first kappa shape index (κ1) is 21.6. The number of hydrogen-bond donors (Lipinski definition) is 5. The number of fused-ring (bicyclic) bond motifs is 1. The van der Waals surface area contributed by atoms with E-state index < -0.39 is 11.9 Å². The molecule has 1 heterocycles. The number of carbonyl (C=O) groups is 3. The number of para-hydroxylation sites is 1. The van der Waals surface area contributed by atoms with Gasteiger partial charge in [-0.05, 0) is 35.9 Å². The minimum Gasteiger partial charge on any atom is -0.473 e. The van der Waals surface area contributed by atoms with Crippen LogP contribution in [0.5, 0.6) is 0 Å². The number of rotatable bonds is 6. The fourth-order valence-corrected chi connectivity index (χ4v) is 2.47. The molecule has 0 bridgehead atoms. The topological polar surface area (TPSA) is 132 Å². The second-order valence-electron chi connectivity index (χ2n) is 5.91. The van der Waals surface area contributed by atoms with Crippen molar-refractivity contribution in [3.05, 3.63) is 71.7 Å². The molecule has 5 N–H and O–H groups in total. The van der Waals surface area contributed by atoms with Crippen molar-refractivity contribution < 1.29 is 29.0 Å². The number of carboxylic acids is 2. The number of carbonyl (C=O) groups excluding carboxylic acids is 1. The predicted molar refractivity (Wildman–Crippen MR) is 104 cm³/mol. The minimum absolute atomic E-state index is 0.195. The predicted octanol–water partition coefficient (Wildman–Crippen LogP) is 1.98. The van der Waals surface area contributed by atoms with E-state index in [1.165, 1.54) is 35.2 Å². The number of H-pyrrole nitrogens is 1. The summed E-state index contributed by atoms with van der Waals surface area (Å²) in [6.45, 7) is 1.90. The van der Waals surface area contributed by atoms with Crippen molar-refractivity contribution in [3.63, 3.8) is 0 Å². The van der Waals surface area contributed by atoms with Crippen LogP contribution in [0.3, 0.4) is 0 Å². The number of nitrogens with one attached hydrogen (secondary N) is 3. The largest absolute Gasteiger partial charge is 0.473 e. The third-order valence-electron chi connectivity index (χ3n) is 3.87. The van der Waals surface area contributed by atoms with Gasteiger partial charge in [-0.15, -0.1) is 0 Å². The Hall–Kier alpha value is -3.72. The Kier molecular flexibility index (Phi) is 7.87. The van der Waals surface area contributed by atoms with Crippen molar-refractivity contribution in [2.24, 2.45) is 0 Å². The van der Waals surface area contributed by atoms with Crippen LogP contribution in [0, 0.1) is 5.82 Å². The van der Waals surface area contributed by atoms with Gasteiger partial charge >= 0.3 is 11.9 Å². The number of amides is 1. The average molecular weight is 401 g/mol. The molecule has 3 rings (SSSR count). The lowest BCUT2D eigenvalue weighted by atomic mass is 10.2. The zero-order chi connectivity index (χ0) is 21.2. The number of benzene rings is 2. The van der Waals surface area contributed by atoms with Crippen molar-refractivity contribution >= 4 is 28.7 Å². The van der Waals surface area contributed by atoms with E-state index >= 15 is 0 Å².